The van der Waals surface area contributed by atoms with E-state index in [0.717, 1.165) is 17.0 Å². The Morgan fingerprint density at radius 3 is 2.63 bits per heavy atom. The minimum Gasteiger partial charge on any atom is -0.497 e. The van der Waals surface area contributed by atoms with Crippen LogP contribution in [-0.2, 0) is 9.59 Å². The number of carbonyl (C=O) groups is 3. The van der Waals surface area contributed by atoms with Gasteiger partial charge in [0.1, 0.15) is 29.6 Å². The summed E-state index contributed by atoms with van der Waals surface area (Å²) in [4.78, 5) is 48.9. The number of benzene rings is 2. The van der Waals surface area contributed by atoms with Crippen molar-refractivity contribution in [2.24, 2.45) is 0 Å². The van der Waals surface area contributed by atoms with Gasteiger partial charge in [0, 0.05) is 11.8 Å². The topological polar surface area (TPSA) is 132 Å². The number of rotatable bonds is 7. The summed E-state index contributed by atoms with van der Waals surface area (Å²) in [6.45, 7) is -0.527. The highest BCUT2D eigenvalue weighted by molar-refractivity contribution is 8.18. The van der Waals surface area contributed by atoms with E-state index in [0.29, 0.717) is 23.2 Å². The summed E-state index contributed by atoms with van der Waals surface area (Å²) in [6, 6.07) is 12.3. The highest BCUT2D eigenvalue weighted by Gasteiger charge is 2.36. The molecule has 178 valence electrons. The Kier molecular flexibility index (Phi) is 6.64. The standard InChI is InChI=1S/C23H16FN3O7S/c1-33-15-6-8-17(18(10-15)27(31)32)19-9-7-16(34-19)11-20-22(29)26(23(30)35-20)12-21(28)25-14-4-2-13(24)3-5-14/h2-11H,12H2,1H3,(H,25,28)/b20-11+. The third-order valence-electron chi connectivity index (χ3n) is 4.87. The first-order chi connectivity index (χ1) is 16.7. The van der Waals surface area contributed by atoms with Crippen LogP contribution in [0.4, 0.5) is 20.6 Å². The Labute approximate surface area is 201 Å². The Morgan fingerprint density at radius 2 is 1.94 bits per heavy atom. The molecule has 10 nitrogen and oxygen atoms in total. The molecule has 12 heteroatoms. The van der Waals surface area contributed by atoms with E-state index in [9.17, 15) is 28.9 Å². The highest BCUT2D eigenvalue weighted by Crippen LogP contribution is 2.36. The van der Waals surface area contributed by atoms with E-state index < -0.39 is 34.3 Å². The zero-order valence-corrected chi connectivity index (χ0v) is 18.8. The van der Waals surface area contributed by atoms with E-state index in [1.54, 1.807) is 6.07 Å². The minimum absolute atomic E-state index is 0.0229. The first-order valence-corrected chi connectivity index (χ1v) is 10.8. The number of halogens is 1. The summed E-state index contributed by atoms with van der Waals surface area (Å²) < 4.78 is 23.7. The summed E-state index contributed by atoms with van der Waals surface area (Å²) in [5.74, 6) is -1.11. The summed E-state index contributed by atoms with van der Waals surface area (Å²) in [5, 5.41) is 13.3. The van der Waals surface area contributed by atoms with Gasteiger partial charge in [-0.2, -0.15) is 0 Å². The number of furan rings is 1. The first kappa shape index (κ1) is 23.7. The van der Waals surface area contributed by atoms with Gasteiger partial charge >= 0.3 is 0 Å². The second-order valence-corrected chi connectivity index (χ2v) is 8.16. The van der Waals surface area contributed by atoms with Crippen LogP contribution in [0, 0.1) is 15.9 Å². The molecule has 3 aromatic rings. The predicted molar refractivity (Wildman–Crippen MR) is 125 cm³/mol. The van der Waals surface area contributed by atoms with Crippen LogP contribution in [0.1, 0.15) is 5.76 Å². The number of anilines is 1. The second kappa shape index (κ2) is 9.81. The fourth-order valence-corrected chi connectivity index (χ4v) is 4.03. The van der Waals surface area contributed by atoms with Gasteiger partial charge in [-0.15, -0.1) is 0 Å². The fourth-order valence-electron chi connectivity index (χ4n) is 3.22. The zero-order chi connectivity index (χ0) is 25.1. The molecule has 4 rings (SSSR count). The Morgan fingerprint density at radius 1 is 1.20 bits per heavy atom. The molecule has 1 aromatic heterocycles. The van der Waals surface area contributed by atoms with Crippen molar-refractivity contribution >= 4 is 46.3 Å². The Balaban J connectivity index is 1.49. The van der Waals surface area contributed by atoms with Gasteiger partial charge in [-0.05, 0) is 60.3 Å². The van der Waals surface area contributed by atoms with Gasteiger partial charge in [0.15, 0.2) is 0 Å². The number of hydrogen-bond acceptors (Lipinski definition) is 8. The van der Waals surface area contributed by atoms with E-state index in [2.05, 4.69) is 5.32 Å². The van der Waals surface area contributed by atoms with Gasteiger partial charge in [-0.3, -0.25) is 29.4 Å². The number of nitro benzene ring substituents is 1. The molecule has 1 aliphatic rings. The molecule has 0 unspecified atom stereocenters. The van der Waals surface area contributed by atoms with Gasteiger partial charge in [0.2, 0.25) is 5.91 Å². The average molecular weight is 497 g/mol. The summed E-state index contributed by atoms with van der Waals surface area (Å²) >= 11 is 0.629. The maximum atomic E-state index is 13.0. The Bertz CT molecular complexity index is 1370. The lowest BCUT2D eigenvalue weighted by Gasteiger charge is -2.12. The lowest BCUT2D eigenvalue weighted by atomic mass is 10.1. The van der Waals surface area contributed by atoms with Crippen molar-refractivity contribution in [1.29, 1.82) is 0 Å². The van der Waals surface area contributed by atoms with Crippen molar-refractivity contribution in [2.45, 2.75) is 0 Å². The van der Waals surface area contributed by atoms with Crippen LogP contribution in [0.3, 0.4) is 0 Å². The summed E-state index contributed by atoms with van der Waals surface area (Å²) in [7, 11) is 1.39. The molecule has 1 aliphatic heterocycles. The summed E-state index contributed by atoms with van der Waals surface area (Å²) in [6.07, 6.45) is 1.32. The van der Waals surface area contributed by atoms with Gasteiger partial charge in [-0.1, -0.05) is 0 Å². The van der Waals surface area contributed by atoms with Crippen molar-refractivity contribution < 1.29 is 32.9 Å². The monoisotopic (exact) mass is 497 g/mol. The molecule has 0 saturated carbocycles. The van der Waals surface area contributed by atoms with E-state index in [1.165, 1.54) is 49.6 Å². The van der Waals surface area contributed by atoms with E-state index >= 15 is 0 Å². The average Bonchev–Trinajstić information content (AvgIpc) is 3.40. The molecule has 3 amide bonds. The van der Waals surface area contributed by atoms with E-state index in [4.69, 9.17) is 9.15 Å². The van der Waals surface area contributed by atoms with Crippen molar-refractivity contribution in [3.05, 3.63) is 81.2 Å². The number of nitro groups is 1. The number of thioether (sulfide) groups is 1. The third kappa shape index (κ3) is 5.22. The van der Waals surface area contributed by atoms with Crippen LogP contribution < -0.4 is 10.1 Å². The largest absolute Gasteiger partial charge is 0.497 e. The number of amides is 3. The molecular formula is C23H16FN3O7S. The van der Waals surface area contributed by atoms with Crippen molar-refractivity contribution in [3.8, 4) is 17.1 Å². The molecule has 2 heterocycles. The lowest BCUT2D eigenvalue weighted by Crippen LogP contribution is -2.36. The number of imide groups is 1. The molecule has 0 atom stereocenters. The number of carbonyl (C=O) groups excluding carboxylic acids is 3. The maximum Gasteiger partial charge on any atom is 0.294 e. The SMILES string of the molecule is COc1ccc(-c2ccc(/C=C3/SC(=O)N(CC(=O)Nc4ccc(F)cc4)C3=O)o2)c([N+](=O)[O-])c1. The lowest BCUT2D eigenvalue weighted by molar-refractivity contribution is -0.384. The van der Waals surface area contributed by atoms with Crippen LogP contribution in [-0.4, -0.2) is 40.5 Å². The number of hydrogen-bond donors (Lipinski definition) is 1. The number of nitrogens with one attached hydrogen (secondary N) is 1. The van der Waals surface area contributed by atoms with E-state index in [1.807, 2.05) is 0 Å². The van der Waals surface area contributed by atoms with Crippen LogP contribution in [0.25, 0.3) is 17.4 Å². The fraction of sp³-hybridized carbons (Fsp3) is 0.0870. The summed E-state index contributed by atoms with van der Waals surface area (Å²) in [5.41, 5.74) is 0.299. The molecule has 1 saturated heterocycles. The molecule has 0 aliphatic carbocycles. The van der Waals surface area contributed by atoms with Gasteiger partial charge < -0.3 is 14.5 Å². The minimum atomic E-state index is -0.692. The molecule has 1 N–H and O–H groups in total. The molecule has 1 fully saturated rings. The molecule has 0 bridgehead atoms. The molecule has 0 spiro atoms. The van der Waals surface area contributed by atoms with Crippen LogP contribution in [0.15, 0.2) is 63.9 Å². The number of nitrogens with zero attached hydrogens (tertiary/aromatic N) is 2. The first-order valence-electron chi connectivity index (χ1n) is 9.98. The molecule has 2 aromatic carbocycles. The van der Waals surface area contributed by atoms with Crippen LogP contribution >= 0.6 is 11.8 Å². The quantitative estimate of drug-likeness (QED) is 0.283. The third-order valence-corrected chi connectivity index (χ3v) is 5.78. The van der Waals surface area contributed by atoms with Gasteiger partial charge in [0.25, 0.3) is 16.8 Å². The molecular weight excluding hydrogens is 481 g/mol. The van der Waals surface area contributed by atoms with Crippen LogP contribution in [0.2, 0.25) is 0 Å². The normalized spacial score (nSPS) is 14.5. The number of ether oxygens (including phenoxy) is 1. The van der Waals surface area contributed by atoms with Gasteiger partial charge in [-0.25, -0.2) is 4.39 Å². The predicted octanol–water partition coefficient (Wildman–Crippen LogP) is 4.68. The Hall–Kier alpha value is -4.45. The molecule has 35 heavy (non-hydrogen) atoms. The zero-order valence-electron chi connectivity index (χ0n) is 18.0. The number of methoxy groups -OCH3 is 1. The highest BCUT2D eigenvalue weighted by atomic mass is 32.2. The second-order valence-electron chi connectivity index (χ2n) is 7.17. The molecule has 0 radical (unpaired) electrons. The smallest absolute Gasteiger partial charge is 0.294 e. The van der Waals surface area contributed by atoms with E-state index in [-0.39, 0.29) is 27.7 Å². The maximum absolute atomic E-state index is 13.0. The van der Waals surface area contributed by atoms with Crippen molar-refractivity contribution in [2.75, 3.05) is 19.0 Å². The van der Waals surface area contributed by atoms with Crippen molar-refractivity contribution in [1.82, 2.24) is 4.90 Å². The van der Waals surface area contributed by atoms with Crippen LogP contribution in [0.5, 0.6) is 5.75 Å². The van der Waals surface area contributed by atoms with Crippen molar-refractivity contribution in [3.63, 3.8) is 0 Å². The van der Waals surface area contributed by atoms with Gasteiger partial charge in [0.05, 0.1) is 28.6 Å².